The molecule has 0 saturated heterocycles. The van der Waals surface area contributed by atoms with Gasteiger partial charge in [0.2, 0.25) is 0 Å². The lowest BCUT2D eigenvalue weighted by atomic mass is 9.80. The predicted molar refractivity (Wildman–Crippen MR) is 93.0 cm³/mol. The van der Waals surface area contributed by atoms with Gasteiger partial charge in [0, 0.05) is 16.5 Å². The van der Waals surface area contributed by atoms with E-state index in [4.69, 9.17) is 10.7 Å². The van der Waals surface area contributed by atoms with Crippen LogP contribution in [0.4, 0.5) is 5.69 Å². The molecule has 2 N–H and O–H groups in total. The first-order valence-corrected chi connectivity index (χ1v) is 7.61. The summed E-state index contributed by atoms with van der Waals surface area (Å²) in [5.41, 5.74) is 11.1. The van der Waals surface area contributed by atoms with Gasteiger partial charge in [-0.05, 0) is 35.6 Å². The average molecular weight is 295 g/mol. The summed E-state index contributed by atoms with van der Waals surface area (Å²) in [5.74, 6) is 0. The highest BCUT2D eigenvalue weighted by atomic mass is 14.8. The molecule has 3 heteroatoms. The predicted octanol–water partition coefficient (Wildman–Crippen LogP) is 4.59. The summed E-state index contributed by atoms with van der Waals surface area (Å²) in [6.07, 6.45) is 0. The number of nitrogens with zero attached hydrogens (tertiary/aromatic N) is 2. The minimum atomic E-state index is -0.0711. The van der Waals surface area contributed by atoms with Crippen molar-refractivity contribution in [3.63, 3.8) is 0 Å². The van der Waals surface area contributed by atoms with Gasteiger partial charge in [-0.3, -0.25) is 4.98 Å². The minimum Gasteiger partial charge on any atom is -0.396 e. The van der Waals surface area contributed by atoms with Crippen LogP contribution in [-0.4, -0.2) is 4.98 Å². The molecule has 116 valence electrons. The van der Waals surface area contributed by atoms with Crippen LogP contribution in [0, 0.1) is 18.3 Å². The van der Waals surface area contributed by atoms with E-state index in [1.165, 1.54) is 5.56 Å². The summed E-state index contributed by atoms with van der Waals surface area (Å²) in [6, 6.07) is 6.44. The molecule has 1 aromatic carbocycles. The first-order chi connectivity index (χ1) is 9.96. The van der Waals surface area contributed by atoms with Crippen molar-refractivity contribution in [1.82, 2.24) is 4.98 Å². The van der Waals surface area contributed by atoms with Crippen LogP contribution in [0.2, 0.25) is 0 Å². The van der Waals surface area contributed by atoms with Gasteiger partial charge in [-0.2, -0.15) is 5.26 Å². The Morgan fingerprint density at radius 3 is 2.09 bits per heavy atom. The molecule has 0 spiro atoms. The minimum absolute atomic E-state index is 0.0196. The number of nitriles is 1. The quantitative estimate of drug-likeness (QED) is 0.723. The van der Waals surface area contributed by atoms with Gasteiger partial charge in [0.15, 0.2) is 0 Å². The molecule has 22 heavy (non-hydrogen) atoms. The van der Waals surface area contributed by atoms with Crippen LogP contribution in [-0.2, 0) is 10.8 Å². The van der Waals surface area contributed by atoms with E-state index in [-0.39, 0.29) is 10.8 Å². The fourth-order valence-corrected chi connectivity index (χ4v) is 2.68. The normalized spacial score (nSPS) is 12.5. The van der Waals surface area contributed by atoms with Crippen molar-refractivity contribution in [2.75, 3.05) is 5.73 Å². The number of hydrogen-bond donors (Lipinski definition) is 1. The zero-order valence-electron chi connectivity index (χ0n) is 14.6. The first kappa shape index (κ1) is 16.3. The molecule has 0 aliphatic rings. The number of rotatable bonds is 0. The molecule has 3 nitrogen and oxygen atoms in total. The molecule has 0 amide bonds. The van der Waals surface area contributed by atoms with Crippen LogP contribution >= 0.6 is 0 Å². The van der Waals surface area contributed by atoms with Crippen molar-refractivity contribution >= 4 is 16.6 Å². The lowest BCUT2D eigenvalue weighted by molar-refractivity contribution is 0.558. The zero-order valence-corrected chi connectivity index (χ0v) is 14.6. The van der Waals surface area contributed by atoms with Crippen molar-refractivity contribution in [2.45, 2.75) is 59.3 Å². The number of hydrogen-bond acceptors (Lipinski definition) is 3. The van der Waals surface area contributed by atoms with E-state index in [1.54, 1.807) is 0 Å². The zero-order chi connectivity index (χ0) is 16.9. The maximum absolute atomic E-state index is 9.36. The molecule has 0 saturated carbocycles. The van der Waals surface area contributed by atoms with E-state index in [0.29, 0.717) is 11.3 Å². The largest absolute Gasteiger partial charge is 0.396 e. The maximum Gasteiger partial charge on any atom is 0.102 e. The molecule has 0 aliphatic carbocycles. The number of nitrogens with two attached hydrogens (primary N) is 1. The molecule has 0 radical (unpaired) electrons. The Labute approximate surface area is 133 Å². The number of benzene rings is 1. The van der Waals surface area contributed by atoms with Crippen LogP contribution in [0.25, 0.3) is 10.9 Å². The number of aromatic nitrogens is 1. The lowest BCUT2D eigenvalue weighted by Gasteiger charge is -2.26. The third kappa shape index (κ3) is 2.66. The summed E-state index contributed by atoms with van der Waals surface area (Å²) in [7, 11) is 0. The Bertz CT molecular complexity index is 782. The van der Waals surface area contributed by atoms with Crippen molar-refractivity contribution < 1.29 is 0 Å². The van der Waals surface area contributed by atoms with Gasteiger partial charge in [-0.15, -0.1) is 0 Å². The van der Waals surface area contributed by atoms with Crippen LogP contribution in [0.15, 0.2) is 12.1 Å². The van der Waals surface area contributed by atoms with Gasteiger partial charge >= 0.3 is 0 Å². The highest BCUT2D eigenvalue weighted by molar-refractivity contribution is 5.96. The number of anilines is 1. The monoisotopic (exact) mass is 295 g/mol. The number of nitrogen functional groups attached to an aromatic ring is 1. The Morgan fingerprint density at radius 2 is 1.64 bits per heavy atom. The summed E-state index contributed by atoms with van der Waals surface area (Å²) in [5, 5.41) is 10.4. The average Bonchev–Trinajstić information content (AvgIpc) is 2.35. The second-order valence-corrected chi connectivity index (χ2v) is 8.05. The molecule has 0 bridgehead atoms. The van der Waals surface area contributed by atoms with Crippen LogP contribution in [0.3, 0.4) is 0 Å². The fraction of sp³-hybridized carbons (Fsp3) is 0.474. The molecule has 0 unspecified atom stereocenters. The van der Waals surface area contributed by atoms with E-state index in [1.807, 2.05) is 13.0 Å². The van der Waals surface area contributed by atoms with Gasteiger partial charge in [0.05, 0.1) is 16.8 Å². The lowest BCUT2D eigenvalue weighted by Crippen LogP contribution is -2.19. The second-order valence-electron chi connectivity index (χ2n) is 8.05. The van der Waals surface area contributed by atoms with E-state index in [2.05, 4.69) is 53.7 Å². The van der Waals surface area contributed by atoms with E-state index < -0.39 is 0 Å². The van der Waals surface area contributed by atoms with E-state index >= 15 is 0 Å². The van der Waals surface area contributed by atoms with Gasteiger partial charge in [-0.25, -0.2) is 0 Å². The Kier molecular flexibility index (Phi) is 3.69. The van der Waals surface area contributed by atoms with Crippen molar-refractivity contribution in [3.8, 4) is 6.07 Å². The number of fused-ring (bicyclic) bond motifs is 1. The molecular weight excluding hydrogens is 270 g/mol. The van der Waals surface area contributed by atoms with Crippen LogP contribution < -0.4 is 5.73 Å². The van der Waals surface area contributed by atoms with Gasteiger partial charge < -0.3 is 5.73 Å². The van der Waals surface area contributed by atoms with Gasteiger partial charge in [0.1, 0.15) is 6.07 Å². The summed E-state index contributed by atoms with van der Waals surface area (Å²) in [6.45, 7) is 14.9. The van der Waals surface area contributed by atoms with Gasteiger partial charge in [-0.1, -0.05) is 41.5 Å². The van der Waals surface area contributed by atoms with Crippen molar-refractivity contribution in [3.05, 3.63) is 34.5 Å². The molecule has 1 heterocycles. The fourth-order valence-electron chi connectivity index (χ4n) is 2.68. The molecular formula is C19H25N3. The first-order valence-electron chi connectivity index (χ1n) is 7.61. The highest BCUT2D eigenvalue weighted by Crippen LogP contribution is 2.37. The van der Waals surface area contributed by atoms with Gasteiger partial charge in [0.25, 0.3) is 0 Å². The topological polar surface area (TPSA) is 62.7 Å². The molecule has 0 aliphatic heterocycles. The third-order valence-electron chi connectivity index (χ3n) is 4.03. The van der Waals surface area contributed by atoms with Crippen LogP contribution in [0.5, 0.6) is 0 Å². The Balaban J connectivity index is 3.03. The summed E-state index contributed by atoms with van der Waals surface area (Å²) < 4.78 is 0. The molecule has 0 fully saturated rings. The molecule has 2 aromatic rings. The maximum atomic E-state index is 9.36. The van der Waals surface area contributed by atoms with E-state index in [9.17, 15) is 5.26 Å². The van der Waals surface area contributed by atoms with E-state index in [0.717, 1.165) is 22.2 Å². The summed E-state index contributed by atoms with van der Waals surface area (Å²) in [4.78, 5) is 4.79. The highest BCUT2D eigenvalue weighted by Gasteiger charge is 2.25. The number of aryl methyl sites for hydroxylation is 1. The number of pyridine rings is 1. The molecule has 1 aromatic heterocycles. The van der Waals surface area contributed by atoms with Crippen molar-refractivity contribution in [2.24, 2.45) is 0 Å². The smallest absolute Gasteiger partial charge is 0.102 e. The third-order valence-corrected chi connectivity index (χ3v) is 4.03. The van der Waals surface area contributed by atoms with Crippen molar-refractivity contribution in [1.29, 1.82) is 5.26 Å². The Morgan fingerprint density at radius 1 is 1.05 bits per heavy atom. The summed E-state index contributed by atoms with van der Waals surface area (Å²) >= 11 is 0. The Hall–Kier alpha value is -2.08. The second kappa shape index (κ2) is 4.98. The molecule has 0 atom stereocenters. The SMILES string of the molecule is Cc1cc2c(C(C)(C)C)cc(C(C)(C)C)nc2c(N)c1C#N. The van der Waals surface area contributed by atoms with Crippen LogP contribution in [0.1, 0.15) is 63.9 Å². The standard InChI is InChI=1S/C19H25N3/c1-11-8-12-14(18(2,3)4)9-15(19(5,6)7)22-17(12)16(21)13(11)10-20/h8-9H,21H2,1-7H3. The molecule has 2 rings (SSSR count).